The largest absolute Gasteiger partial charge is 0.352 e. The number of aryl methyl sites for hydroxylation is 4. The summed E-state index contributed by atoms with van der Waals surface area (Å²) in [5.41, 5.74) is 5.97. The first kappa shape index (κ1) is 34.4. The normalized spacial score (nSPS) is 12.7. The lowest BCUT2D eigenvalue weighted by atomic mass is 10.0. The van der Waals surface area contributed by atoms with Crippen LogP contribution >= 0.6 is 0 Å². The van der Waals surface area contributed by atoms with Crippen LogP contribution in [0.2, 0.25) is 0 Å². The van der Waals surface area contributed by atoms with E-state index in [9.17, 15) is 18.0 Å². The van der Waals surface area contributed by atoms with Crippen molar-refractivity contribution in [2.75, 3.05) is 10.8 Å². The number of anilines is 1. The number of rotatable bonds is 13. The van der Waals surface area contributed by atoms with Crippen molar-refractivity contribution in [3.05, 3.63) is 130 Å². The molecule has 242 valence electrons. The van der Waals surface area contributed by atoms with Crippen molar-refractivity contribution in [2.24, 2.45) is 0 Å². The van der Waals surface area contributed by atoms with Crippen LogP contribution in [0.3, 0.4) is 0 Å². The maximum absolute atomic E-state index is 14.7. The van der Waals surface area contributed by atoms with Gasteiger partial charge in [-0.1, -0.05) is 85.3 Å². The average Bonchev–Trinajstić information content (AvgIpc) is 3.04. The van der Waals surface area contributed by atoms with Crippen molar-refractivity contribution in [1.29, 1.82) is 0 Å². The fourth-order valence-electron chi connectivity index (χ4n) is 5.21. The van der Waals surface area contributed by atoms with Crippen molar-refractivity contribution in [3.63, 3.8) is 0 Å². The Bertz CT molecular complexity index is 1750. The Kier molecular flexibility index (Phi) is 11.4. The number of sulfonamides is 1. The minimum atomic E-state index is -4.15. The Morgan fingerprint density at radius 3 is 2.07 bits per heavy atom. The summed E-state index contributed by atoms with van der Waals surface area (Å²) in [5, 5.41) is 3.08. The summed E-state index contributed by atoms with van der Waals surface area (Å²) in [4.78, 5) is 30.3. The Morgan fingerprint density at radius 2 is 1.43 bits per heavy atom. The van der Waals surface area contributed by atoms with Gasteiger partial charge >= 0.3 is 0 Å². The molecule has 2 atom stereocenters. The third-order valence-corrected chi connectivity index (χ3v) is 10.3. The van der Waals surface area contributed by atoms with E-state index in [0.29, 0.717) is 5.69 Å². The molecule has 0 unspecified atom stereocenters. The molecule has 0 radical (unpaired) electrons. The van der Waals surface area contributed by atoms with Crippen molar-refractivity contribution in [2.45, 2.75) is 77.9 Å². The minimum absolute atomic E-state index is 0.0879. The van der Waals surface area contributed by atoms with Crippen molar-refractivity contribution in [1.82, 2.24) is 10.2 Å². The molecule has 4 aromatic carbocycles. The standard InChI is InChI=1S/C38H45N3O4S/c1-7-31(6)39-38(43)36(24-32-14-9-8-10-15-32)40(25-33-16-12-11-13-29(33)4)37(42)26-41(34-20-19-28(3)30(5)23-34)46(44,45)35-21-17-27(2)18-22-35/h8-23,31,36H,7,24-26H2,1-6H3,(H,39,43)/t31-,36-/m1/s1. The van der Waals surface area contributed by atoms with E-state index < -0.39 is 28.5 Å². The van der Waals surface area contributed by atoms with Gasteiger partial charge in [-0.3, -0.25) is 13.9 Å². The summed E-state index contributed by atoms with van der Waals surface area (Å²) in [5.74, 6) is -0.753. The molecule has 0 heterocycles. The van der Waals surface area contributed by atoms with Gasteiger partial charge in [-0.25, -0.2) is 8.42 Å². The van der Waals surface area contributed by atoms with Gasteiger partial charge in [0, 0.05) is 19.0 Å². The fraction of sp³-hybridized carbons (Fsp3) is 0.316. The maximum atomic E-state index is 14.7. The highest BCUT2D eigenvalue weighted by Gasteiger charge is 2.35. The summed E-state index contributed by atoms with van der Waals surface area (Å²) in [6.45, 7) is 11.3. The van der Waals surface area contributed by atoms with Crippen LogP contribution < -0.4 is 9.62 Å². The Balaban J connectivity index is 1.83. The number of hydrogen-bond acceptors (Lipinski definition) is 4. The lowest BCUT2D eigenvalue weighted by molar-refractivity contribution is -0.140. The molecule has 0 aliphatic rings. The zero-order valence-electron chi connectivity index (χ0n) is 27.7. The lowest BCUT2D eigenvalue weighted by Gasteiger charge is -2.34. The number of amides is 2. The predicted octanol–water partition coefficient (Wildman–Crippen LogP) is 6.67. The van der Waals surface area contributed by atoms with Gasteiger partial charge in [-0.05, 0) is 93.1 Å². The fourth-order valence-corrected chi connectivity index (χ4v) is 6.62. The van der Waals surface area contributed by atoms with Crippen molar-refractivity contribution < 1.29 is 18.0 Å². The predicted molar refractivity (Wildman–Crippen MR) is 185 cm³/mol. The van der Waals surface area contributed by atoms with Crippen LogP contribution in [0.5, 0.6) is 0 Å². The maximum Gasteiger partial charge on any atom is 0.264 e. The Labute approximate surface area is 274 Å². The molecule has 0 saturated carbocycles. The van der Waals surface area contributed by atoms with Crippen molar-refractivity contribution >= 4 is 27.5 Å². The van der Waals surface area contributed by atoms with Crippen LogP contribution in [0, 0.1) is 27.7 Å². The van der Waals surface area contributed by atoms with Crippen molar-refractivity contribution in [3.8, 4) is 0 Å². The molecule has 4 aromatic rings. The zero-order chi connectivity index (χ0) is 33.4. The van der Waals surface area contributed by atoms with Gasteiger partial charge in [0.05, 0.1) is 10.6 Å². The van der Waals surface area contributed by atoms with E-state index in [-0.39, 0.29) is 29.8 Å². The summed E-state index contributed by atoms with van der Waals surface area (Å²) < 4.78 is 29.7. The summed E-state index contributed by atoms with van der Waals surface area (Å²) in [6, 6.07) is 28.3. The van der Waals surface area contributed by atoms with Gasteiger partial charge in [0.25, 0.3) is 10.0 Å². The lowest BCUT2D eigenvalue weighted by Crippen LogP contribution is -2.54. The quantitative estimate of drug-likeness (QED) is 0.177. The molecule has 4 rings (SSSR count). The molecule has 1 N–H and O–H groups in total. The SMILES string of the molecule is CC[C@@H](C)NC(=O)[C@@H](Cc1ccccc1)N(Cc1ccccc1C)C(=O)CN(c1ccc(C)c(C)c1)S(=O)(=O)c1ccc(C)cc1. The molecule has 0 fully saturated rings. The average molecular weight is 640 g/mol. The Hall–Kier alpha value is -4.43. The number of hydrogen-bond donors (Lipinski definition) is 1. The topological polar surface area (TPSA) is 86.8 Å². The molecule has 8 heteroatoms. The summed E-state index contributed by atoms with van der Waals surface area (Å²) in [6.07, 6.45) is 1.000. The number of nitrogens with one attached hydrogen (secondary N) is 1. The van der Waals surface area contributed by atoms with Gasteiger partial charge in [-0.2, -0.15) is 0 Å². The van der Waals surface area contributed by atoms with Gasteiger partial charge in [-0.15, -0.1) is 0 Å². The van der Waals surface area contributed by atoms with Gasteiger partial charge < -0.3 is 10.2 Å². The van der Waals surface area contributed by atoms with Gasteiger partial charge in [0.1, 0.15) is 12.6 Å². The molecule has 0 aliphatic heterocycles. The van der Waals surface area contributed by atoms with Crippen LogP contribution in [0.1, 0.15) is 53.6 Å². The second-order valence-corrected chi connectivity index (χ2v) is 13.9. The van der Waals surface area contributed by atoms with Crippen LogP contribution in [0.25, 0.3) is 0 Å². The third kappa shape index (κ3) is 8.43. The first-order chi connectivity index (χ1) is 21.9. The molecule has 0 spiro atoms. The smallest absolute Gasteiger partial charge is 0.264 e. The zero-order valence-corrected chi connectivity index (χ0v) is 28.5. The minimum Gasteiger partial charge on any atom is -0.352 e. The number of carbonyl (C=O) groups excluding carboxylic acids is 2. The Morgan fingerprint density at radius 1 is 0.783 bits per heavy atom. The highest BCUT2D eigenvalue weighted by Crippen LogP contribution is 2.27. The number of carbonyl (C=O) groups is 2. The molecular formula is C38H45N3O4S. The molecule has 7 nitrogen and oxygen atoms in total. The second kappa shape index (κ2) is 15.2. The van der Waals surface area contributed by atoms with Crippen LogP contribution in [-0.2, 0) is 32.6 Å². The molecule has 46 heavy (non-hydrogen) atoms. The molecule has 2 amide bonds. The molecule has 0 saturated heterocycles. The van der Waals surface area contributed by atoms with E-state index in [1.54, 1.807) is 41.3 Å². The van der Waals surface area contributed by atoms with E-state index in [1.165, 1.54) is 4.31 Å². The summed E-state index contributed by atoms with van der Waals surface area (Å²) in [7, 11) is -4.15. The first-order valence-corrected chi connectivity index (χ1v) is 17.2. The van der Waals surface area contributed by atoms with Gasteiger partial charge in [0.15, 0.2) is 0 Å². The van der Waals surface area contributed by atoms with E-state index in [2.05, 4.69) is 5.32 Å². The van der Waals surface area contributed by atoms with E-state index in [4.69, 9.17) is 0 Å². The monoisotopic (exact) mass is 639 g/mol. The van der Waals surface area contributed by atoms with Gasteiger partial charge in [0.2, 0.25) is 11.8 Å². The van der Waals surface area contributed by atoms with E-state index in [1.807, 2.05) is 102 Å². The van der Waals surface area contributed by atoms with E-state index >= 15 is 0 Å². The molecule has 0 aromatic heterocycles. The number of benzene rings is 4. The van der Waals surface area contributed by atoms with E-state index in [0.717, 1.165) is 39.8 Å². The first-order valence-electron chi connectivity index (χ1n) is 15.8. The van der Waals surface area contributed by atoms with Crippen LogP contribution in [0.15, 0.2) is 102 Å². The molecule has 0 aliphatic carbocycles. The summed E-state index contributed by atoms with van der Waals surface area (Å²) >= 11 is 0. The highest BCUT2D eigenvalue weighted by molar-refractivity contribution is 7.92. The third-order valence-electron chi connectivity index (χ3n) is 8.54. The molecule has 0 bridgehead atoms. The second-order valence-electron chi connectivity index (χ2n) is 12.1. The molecular weight excluding hydrogens is 595 g/mol. The van der Waals surface area contributed by atoms with Crippen LogP contribution in [0.4, 0.5) is 5.69 Å². The highest BCUT2D eigenvalue weighted by atomic mass is 32.2. The van der Waals surface area contributed by atoms with Crippen LogP contribution in [-0.4, -0.2) is 43.8 Å². The number of nitrogens with zero attached hydrogens (tertiary/aromatic N) is 2.